The summed E-state index contributed by atoms with van der Waals surface area (Å²) in [5.41, 5.74) is -0.412. The number of nitrogens with one attached hydrogen (secondary N) is 2. The molecule has 0 aliphatic heterocycles. The number of rotatable bonds is 5. The normalized spacial score (nSPS) is 12.2. The summed E-state index contributed by atoms with van der Waals surface area (Å²) in [4.78, 5) is 11.8. The largest absolute Gasteiger partial charge is 0.468 e. The summed E-state index contributed by atoms with van der Waals surface area (Å²) in [6.45, 7) is 1.86. The van der Waals surface area contributed by atoms with Gasteiger partial charge in [0.2, 0.25) is 5.91 Å². The van der Waals surface area contributed by atoms with Crippen LogP contribution in [-0.4, -0.2) is 11.9 Å². The fraction of sp³-hybridized carbons (Fsp3) is 0.214. The van der Waals surface area contributed by atoms with Gasteiger partial charge in [0.25, 0.3) is 0 Å². The van der Waals surface area contributed by atoms with Crippen LogP contribution in [0.25, 0.3) is 0 Å². The van der Waals surface area contributed by atoms with Crippen LogP contribution in [0, 0.1) is 17.5 Å². The van der Waals surface area contributed by atoms with E-state index in [1.54, 1.807) is 19.1 Å². The van der Waals surface area contributed by atoms with Gasteiger partial charge >= 0.3 is 0 Å². The first-order valence-electron chi connectivity index (χ1n) is 6.19. The van der Waals surface area contributed by atoms with Gasteiger partial charge in [0.15, 0.2) is 17.5 Å². The van der Waals surface area contributed by atoms with E-state index in [4.69, 9.17) is 4.42 Å². The van der Waals surface area contributed by atoms with E-state index in [-0.39, 0.29) is 0 Å². The van der Waals surface area contributed by atoms with E-state index in [2.05, 4.69) is 10.6 Å². The average molecular weight is 298 g/mol. The lowest BCUT2D eigenvalue weighted by Gasteiger charge is -2.14. The van der Waals surface area contributed by atoms with E-state index in [0.29, 0.717) is 12.3 Å². The lowest BCUT2D eigenvalue weighted by molar-refractivity contribution is -0.117. The maximum Gasteiger partial charge on any atom is 0.241 e. The minimum atomic E-state index is -1.62. The molecule has 4 nitrogen and oxygen atoms in total. The Labute approximate surface area is 119 Å². The van der Waals surface area contributed by atoms with E-state index in [0.717, 1.165) is 12.1 Å². The van der Waals surface area contributed by atoms with Crippen LogP contribution in [0.15, 0.2) is 34.9 Å². The topological polar surface area (TPSA) is 54.3 Å². The van der Waals surface area contributed by atoms with Gasteiger partial charge in [0.1, 0.15) is 5.76 Å². The van der Waals surface area contributed by atoms with Gasteiger partial charge in [-0.05, 0) is 31.2 Å². The lowest BCUT2D eigenvalue weighted by Crippen LogP contribution is -2.37. The van der Waals surface area contributed by atoms with E-state index >= 15 is 0 Å². The number of carbonyl (C=O) groups excluding carboxylic acids is 1. The Hall–Kier alpha value is -2.28. The lowest BCUT2D eigenvalue weighted by atomic mass is 10.2. The third-order valence-electron chi connectivity index (χ3n) is 2.85. The second-order valence-corrected chi connectivity index (χ2v) is 4.39. The predicted molar refractivity (Wildman–Crippen MR) is 70.0 cm³/mol. The Morgan fingerprint density at radius 3 is 2.67 bits per heavy atom. The molecule has 1 amide bonds. The summed E-state index contributed by atoms with van der Waals surface area (Å²) in [5, 5.41) is 5.05. The van der Waals surface area contributed by atoms with Gasteiger partial charge in [-0.1, -0.05) is 0 Å². The van der Waals surface area contributed by atoms with Gasteiger partial charge < -0.3 is 9.73 Å². The third kappa shape index (κ3) is 3.63. The molecule has 1 aromatic carbocycles. The summed E-state index contributed by atoms with van der Waals surface area (Å²) < 4.78 is 44.3. The molecule has 112 valence electrons. The maximum atomic E-state index is 13.4. The van der Waals surface area contributed by atoms with Crippen LogP contribution in [0.4, 0.5) is 18.9 Å². The molecule has 2 aromatic rings. The first-order chi connectivity index (χ1) is 9.99. The molecule has 0 saturated carbocycles. The quantitative estimate of drug-likeness (QED) is 0.835. The highest BCUT2D eigenvalue weighted by Crippen LogP contribution is 2.19. The van der Waals surface area contributed by atoms with Crippen molar-refractivity contribution in [3.63, 3.8) is 0 Å². The molecule has 21 heavy (non-hydrogen) atoms. The molecule has 0 radical (unpaired) electrons. The molecule has 0 aliphatic carbocycles. The monoisotopic (exact) mass is 298 g/mol. The first-order valence-corrected chi connectivity index (χ1v) is 6.19. The van der Waals surface area contributed by atoms with Crippen LogP contribution in [0.3, 0.4) is 0 Å². The molecule has 0 bridgehead atoms. The number of furan rings is 1. The van der Waals surface area contributed by atoms with Crippen molar-refractivity contribution in [1.29, 1.82) is 0 Å². The Balaban J connectivity index is 1.96. The molecule has 1 heterocycles. The van der Waals surface area contributed by atoms with Crippen LogP contribution in [0.1, 0.15) is 12.7 Å². The predicted octanol–water partition coefficient (Wildman–Crippen LogP) is 2.81. The molecule has 7 heteroatoms. The molecule has 1 aromatic heterocycles. The van der Waals surface area contributed by atoms with Crippen molar-refractivity contribution in [1.82, 2.24) is 5.32 Å². The molecule has 0 fully saturated rings. The first kappa shape index (κ1) is 15.1. The summed E-state index contributed by atoms with van der Waals surface area (Å²) in [7, 11) is 0. The van der Waals surface area contributed by atoms with Crippen molar-refractivity contribution in [3.8, 4) is 0 Å². The van der Waals surface area contributed by atoms with E-state index < -0.39 is 35.1 Å². The van der Waals surface area contributed by atoms with Crippen molar-refractivity contribution in [2.45, 2.75) is 19.5 Å². The van der Waals surface area contributed by atoms with Gasteiger partial charge in [0, 0.05) is 0 Å². The van der Waals surface area contributed by atoms with E-state index in [1.165, 1.54) is 6.26 Å². The molecular weight excluding hydrogens is 285 g/mol. The number of anilines is 1. The highest BCUT2D eigenvalue weighted by atomic mass is 19.2. The fourth-order valence-corrected chi connectivity index (χ4v) is 1.62. The van der Waals surface area contributed by atoms with Crippen molar-refractivity contribution < 1.29 is 22.4 Å². The minimum Gasteiger partial charge on any atom is -0.468 e. The zero-order chi connectivity index (χ0) is 15.4. The minimum absolute atomic E-state index is 0.307. The van der Waals surface area contributed by atoms with Crippen molar-refractivity contribution in [2.24, 2.45) is 0 Å². The van der Waals surface area contributed by atoms with Crippen molar-refractivity contribution in [3.05, 3.63) is 53.7 Å². The standard InChI is InChI=1S/C14H13F3N2O2/c1-8(18-7-9-3-2-6-21-9)14(20)19-11-5-4-10(15)12(16)13(11)17/h2-6,8,18H,7H2,1H3,(H,19,20)/t8-/m0/s1. The third-order valence-corrected chi connectivity index (χ3v) is 2.85. The number of hydrogen-bond acceptors (Lipinski definition) is 3. The summed E-state index contributed by atoms with van der Waals surface area (Å²) in [6.07, 6.45) is 1.50. The summed E-state index contributed by atoms with van der Waals surface area (Å²) in [5.74, 6) is -4.31. The fourth-order valence-electron chi connectivity index (χ4n) is 1.62. The van der Waals surface area contributed by atoms with Gasteiger partial charge in [-0.2, -0.15) is 0 Å². The molecule has 0 spiro atoms. The maximum absolute atomic E-state index is 13.4. The Kier molecular flexibility index (Phi) is 4.64. The summed E-state index contributed by atoms with van der Waals surface area (Å²) in [6, 6.07) is 4.47. The van der Waals surface area contributed by atoms with E-state index in [1.807, 2.05) is 0 Å². The molecule has 2 rings (SSSR count). The van der Waals surface area contributed by atoms with Gasteiger partial charge in [-0.3, -0.25) is 10.1 Å². The molecule has 0 saturated heterocycles. The van der Waals surface area contributed by atoms with Crippen LogP contribution in [0.2, 0.25) is 0 Å². The second-order valence-electron chi connectivity index (χ2n) is 4.39. The zero-order valence-electron chi connectivity index (χ0n) is 11.1. The number of halogens is 3. The highest BCUT2D eigenvalue weighted by molar-refractivity contribution is 5.94. The number of hydrogen-bond donors (Lipinski definition) is 2. The van der Waals surface area contributed by atoms with Crippen LogP contribution in [0.5, 0.6) is 0 Å². The molecular formula is C14H13F3N2O2. The molecule has 0 unspecified atom stereocenters. The zero-order valence-corrected chi connectivity index (χ0v) is 11.1. The molecule has 2 N–H and O–H groups in total. The highest BCUT2D eigenvalue weighted by Gasteiger charge is 2.18. The summed E-state index contributed by atoms with van der Waals surface area (Å²) >= 11 is 0. The Bertz CT molecular complexity index is 629. The van der Waals surface area contributed by atoms with Crippen LogP contribution in [-0.2, 0) is 11.3 Å². The van der Waals surface area contributed by atoms with Crippen molar-refractivity contribution >= 4 is 11.6 Å². The molecule has 1 atom stereocenters. The molecule has 0 aliphatic rings. The SMILES string of the molecule is C[C@H](NCc1ccco1)C(=O)Nc1ccc(F)c(F)c1F. The van der Waals surface area contributed by atoms with Crippen LogP contribution < -0.4 is 10.6 Å². The van der Waals surface area contributed by atoms with Gasteiger partial charge in [-0.25, -0.2) is 13.2 Å². The Morgan fingerprint density at radius 2 is 2.00 bits per heavy atom. The number of benzene rings is 1. The smallest absolute Gasteiger partial charge is 0.241 e. The van der Waals surface area contributed by atoms with Gasteiger partial charge in [-0.15, -0.1) is 0 Å². The van der Waals surface area contributed by atoms with Gasteiger partial charge in [0.05, 0.1) is 24.5 Å². The average Bonchev–Trinajstić information content (AvgIpc) is 2.98. The number of carbonyl (C=O) groups is 1. The number of amides is 1. The van der Waals surface area contributed by atoms with Crippen molar-refractivity contribution in [2.75, 3.05) is 5.32 Å². The van der Waals surface area contributed by atoms with E-state index in [9.17, 15) is 18.0 Å². The Morgan fingerprint density at radius 1 is 1.24 bits per heavy atom. The second kappa shape index (κ2) is 6.45. The van der Waals surface area contributed by atoms with Crippen LogP contribution >= 0.6 is 0 Å².